The highest BCUT2D eigenvalue weighted by atomic mass is 79.9. The number of alkyl halides is 3. The molecule has 0 aliphatic heterocycles. The third kappa shape index (κ3) is 4.01. The van der Waals surface area contributed by atoms with Crippen molar-refractivity contribution in [3.8, 4) is 0 Å². The molecule has 0 saturated carbocycles. The molecule has 0 amide bonds. The highest BCUT2D eigenvalue weighted by Crippen LogP contribution is 2.31. The van der Waals surface area contributed by atoms with Gasteiger partial charge in [-0.2, -0.15) is 22.9 Å². The zero-order chi connectivity index (χ0) is 20.7. The summed E-state index contributed by atoms with van der Waals surface area (Å²) in [4.78, 5) is 17.6. The van der Waals surface area contributed by atoms with Gasteiger partial charge in [-0.15, -0.1) is 0 Å². The van der Waals surface area contributed by atoms with Crippen LogP contribution in [-0.4, -0.2) is 15.9 Å². The van der Waals surface area contributed by atoms with Crippen molar-refractivity contribution in [1.82, 2.24) is 9.66 Å². The second kappa shape index (κ2) is 7.16. The Morgan fingerprint density at radius 3 is 2.43 bits per heavy atom. The molecule has 0 unspecified atom stereocenters. The topological polar surface area (TPSA) is 47.2 Å². The van der Waals surface area contributed by atoms with Gasteiger partial charge in [0.1, 0.15) is 5.82 Å². The van der Waals surface area contributed by atoms with Gasteiger partial charge in [0.15, 0.2) is 0 Å². The first-order chi connectivity index (χ1) is 13.0. The van der Waals surface area contributed by atoms with Gasteiger partial charge in [-0.1, -0.05) is 54.9 Å². The number of benzene rings is 2. The summed E-state index contributed by atoms with van der Waals surface area (Å²) >= 11 is 3.32. The SMILES string of the molecule is CC(C)(C)c1nc2ccc(Br)cc2c(=O)n1N=Cc1ccccc1C(F)(F)F. The second-order valence-electron chi connectivity index (χ2n) is 7.29. The molecular formula is C20H17BrF3N3O. The Bertz CT molecular complexity index is 1130. The Morgan fingerprint density at radius 1 is 1.11 bits per heavy atom. The molecule has 0 atom stereocenters. The Hall–Kier alpha value is -2.48. The minimum atomic E-state index is -4.52. The fourth-order valence-electron chi connectivity index (χ4n) is 2.73. The molecule has 28 heavy (non-hydrogen) atoms. The van der Waals surface area contributed by atoms with Gasteiger partial charge in [0.2, 0.25) is 0 Å². The Labute approximate surface area is 167 Å². The lowest BCUT2D eigenvalue weighted by Crippen LogP contribution is -2.29. The van der Waals surface area contributed by atoms with E-state index in [1.165, 1.54) is 18.2 Å². The summed E-state index contributed by atoms with van der Waals surface area (Å²) in [6.45, 7) is 5.57. The molecule has 0 saturated heterocycles. The number of rotatable bonds is 2. The predicted octanol–water partition coefficient (Wildman–Crippen LogP) is 5.36. The van der Waals surface area contributed by atoms with Crippen LogP contribution >= 0.6 is 15.9 Å². The number of fused-ring (bicyclic) bond motifs is 1. The van der Waals surface area contributed by atoms with Crippen molar-refractivity contribution in [2.75, 3.05) is 0 Å². The van der Waals surface area contributed by atoms with Gasteiger partial charge in [0.05, 0.1) is 22.7 Å². The third-order valence-corrected chi connectivity index (χ3v) is 4.55. The molecule has 0 radical (unpaired) electrons. The molecule has 146 valence electrons. The molecule has 0 spiro atoms. The second-order valence-corrected chi connectivity index (χ2v) is 8.21. The lowest BCUT2D eigenvalue weighted by atomic mass is 9.95. The number of halogens is 4. The quantitative estimate of drug-likeness (QED) is 0.492. The first-order valence-electron chi connectivity index (χ1n) is 8.42. The summed E-state index contributed by atoms with van der Waals surface area (Å²) < 4.78 is 41.4. The molecule has 0 aliphatic carbocycles. The molecule has 3 aromatic rings. The average Bonchev–Trinajstić information content (AvgIpc) is 2.60. The van der Waals surface area contributed by atoms with Gasteiger partial charge in [-0.25, -0.2) is 4.98 Å². The van der Waals surface area contributed by atoms with E-state index in [2.05, 4.69) is 26.0 Å². The Kier molecular flexibility index (Phi) is 5.18. The van der Waals surface area contributed by atoms with Crippen LogP contribution in [0.25, 0.3) is 10.9 Å². The Morgan fingerprint density at radius 2 is 1.79 bits per heavy atom. The van der Waals surface area contributed by atoms with Crippen LogP contribution < -0.4 is 5.56 Å². The van der Waals surface area contributed by atoms with Crippen LogP contribution in [0.2, 0.25) is 0 Å². The number of aromatic nitrogens is 2. The summed E-state index contributed by atoms with van der Waals surface area (Å²) in [5.41, 5.74) is -1.45. The molecular weight excluding hydrogens is 435 g/mol. The fourth-order valence-corrected chi connectivity index (χ4v) is 3.09. The van der Waals surface area contributed by atoms with Crippen molar-refractivity contribution in [2.45, 2.75) is 32.4 Å². The first-order valence-corrected chi connectivity index (χ1v) is 9.21. The normalized spacial score (nSPS) is 12.8. The molecule has 1 heterocycles. The monoisotopic (exact) mass is 451 g/mol. The lowest BCUT2D eigenvalue weighted by Gasteiger charge is -2.21. The van der Waals surface area contributed by atoms with Crippen LogP contribution in [0.4, 0.5) is 13.2 Å². The predicted molar refractivity (Wildman–Crippen MR) is 107 cm³/mol. The summed E-state index contributed by atoms with van der Waals surface area (Å²) in [6.07, 6.45) is -3.47. The van der Waals surface area contributed by atoms with Crippen molar-refractivity contribution < 1.29 is 13.2 Å². The number of hydrogen-bond acceptors (Lipinski definition) is 3. The average molecular weight is 452 g/mol. The maximum atomic E-state index is 13.2. The molecule has 0 N–H and O–H groups in total. The molecule has 1 aromatic heterocycles. The van der Waals surface area contributed by atoms with Crippen molar-refractivity contribution >= 4 is 33.0 Å². The van der Waals surface area contributed by atoms with Gasteiger partial charge >= 0.3 is 6.18 Å². The van der Waals surface area contributed by atoms with Crippen LogP contribution in [0.1, 0.15) is 37.7 Å². The van der Waals surface area contributed by atoms with E-state index in [0.717, 1.165) is 17.0 Å². The zero-order valence-electron chi connectivity index (χ0n) is 15.4. The third-order valence-electron chi connectivity index (χ3n) is 4.06. The van der Waals surface area contributed by atoms with Crippen molar-refractivity contribution in [2.24, 2.45) is 5.10 Å². The van der Waals surface area contributed by atoms with E-state index in [4.69, 9.17) is 0 Å². The van der Waals surface area contributed by atoms with E-state index in [1.54, 1.807) is 18.2 Å². The van der Waals surface area contributed by atoms with E-state index in [0.29, 0.717) is 21.2 Å². The molecule has 2 aromatic carbocycles. The van der Waals surface area contributed by atoms with Crippen LogP contribution in [0.15, 0.2) is 56.8 Å². The largest absolute Gasteiger partial charge is 0.417 e. The summed E-state index contributed by atoms with van der Waals surface area (Å²) in [6, 6.07) is 10.2. The van der Waals surface area contributed by atoms with Gasteiger partial charge in [-0.05, 0) is 24.3 Å². The molecule has 0 fully saturated rings. The number of nitrogens with zero attached hydrogens (tertiary/aromatic N) is 3. The van der Waals surface area contributed by atoms with E-state index in [-0.39, 0.29) is 5.56 Å². The maximum Gasteiger partial charge on any atom is 0.417 e. The van der Waals surface area contributed by atoms with E-state index in [1.807, 2.05) is 20.8 Å². The highest BCUT2D eigenvalue weighted by Gasteiger charge is 2.32. The summed E-state index contributed by atoms with van der Waals surface area (Å²) in [7, 11) is 0. The zero-order valence-corrected chi connectivity index (χ0v) is 17.0. The summed E-state index contributed by atoms with van der Waals surface area (Å²) in [5, 5.41) is 4.42. The van der Waals surface area contributed by atoms with E-state index in [9.17, 15) is 18.0 Å². The molecule has 0 aliphatic rings. The first kappa shape index (κ1) is 20.3. The molecule has 4 nitrogen and oxygen atoms in total. The van der Waals surface area contributed by atoms with Crippen molar-refractivity contribution in [1.29, 1.82) is 0 Å². The van der Waals surface area contributed by atoms with E-state index < -0.39 is 22.7 Å². The standard InChI is InChI=1S/C20H17BrF3N3O/c1-19(2,3)18-26-16-9-8-13(21)10-14(16)17(28)27(18)25-11-12-6-4-5-7-15(12)20(22,23)24/h4-11H,1-3H3. The van der Waals surface area contributed by atoms with Crippen LogP contribution in [0.3, 0.4) is 0 Å². The van der Waals surface area contributed by atoms with Crippen LogP contribution in [-0.2, 0) is 11.6 Å². The van der Waals surface area contributed by atoms with E-state index >= 15 is 0 Å². The smallest absolute Gasteiger partial charge is 0.267 e. The summed E-state index contributed by atoms with van der Waals surface area (Å²) in [5.74, 6) is 0.355. The number of hydrogen-bond donors (Lipinski definition) is 0. The minimum absolute atomic E-state index is 0.129. The van der Waals surface area contributed by atoms with Crippen molar-refractivity contribution in [3.63, 3.8) is 0 Å². The van der Waals surface area contributed by atoms with Crippen molar-refractivity contribution in [3.05, 3.63) is 74.2 Å². The van der Waals surface area contributed by atoms with Gasteiger partial charge in [-0.3, -0.25) is 4.79 Å². The van der Waals surface area contributed by atoms with Gasteiger partial charge < -0.3 is 0 Å². The molecule has 3 rings (SSSR count). The fraction of sp³-hybridized carbons (Fsp3) is 0.250. The molecule has 0 bridgehead atoms. The van der Waals surface area contributed by atoms with Crippen LogP contribution in [0.5, 0.6) is 0 Å². The van der Waals surface area contributed by atoms with Gasteiger partial charge in [0.25, 0.3) is 5.56 Å². The highest BCUT2D eigenvalue weighted by molar-refractivity contribution is 9.10. The lowest BCUT2D eigenvalue weighted by molar-refractivity contribution is -0.137. The minimum Gasteiger partial charge on any atom is -0.267 e. The van der Waals surface area contributed by atoms with Crippen LogP contribution in [0, 0.1) is 0 Å². The van der Waals surface area contributed by atoms with Gasteiger partial charge in [0, 0.05) is 15.5 Å². The Balaban J connectivity index is 2.25. The molecule has 8 heteroatoms. The maximum absolute atomic E-state index is 13.2.